The average Bonchev–Trinajstić information content (AvgIpc) is 3.00. The lowest BCUT2D eigenvalue weighted by Crippen LogP contribution is -2.49. The number of nitrogens with zero attached hydrogens (tertiary/aromatic N) is 3. The SMILES string of the molecule is COc1nc2ccccc2n1C1CCN(C2(c3ccccc3)CCCCCC2)CC1. The van der Waals surface area contributed by atoms with Crippen LogP contribution in [-0.4, -0.2) is 34.7 Å². The van der Waals surface area contributed by atoms with Crippen LogP contribution in [0, 0.1) is 0 Å². The molecular formula is C26H33N3O. The molecule has 0 bridgehead atoms. The molecule has 5 rings (SSSR count). The highest BCUT2D eigenvalue weighted by Crippen LogP contribution is 2.44. The van der Waals surface area contributed by atoms with Crippen LogP contribution in [0.15, 0.2) is 54.6 Å². The van der Waals surface area contributed by atoms with Crippen LogP contribution in [0.2, 0.25) is 0 Å². The normalized spacial score (nSPS) is 20.8. The maximum absolute atomic E-state index is 5.67. The first-order valence-corrected chi connectivity index (χ1v) is 11.6. The molecule has 1 aromatic heterocycles. The molecular weight excluding hydrogens is 370 g/mol. The van der Waals surface area contributed by atoms with Gasteiger partial charge >= 0.3 is 0 Å². The molecule has 158 valence electrons. The summed E-state index contributed by atoms with van der Waals surface area (Å²) in [5.74, 6) is 0. The zero-order chi connectivity index (χ0) is 20.4. The molecule has 30 heavy (non-hydrogen) atoms. The number of likely N-dealkylation sites (tertiary alicyclic amines) is 1. The summed E-state index contributed by atoms with van der Waals surface area (Å²) in [6.45, 7) is 2.27. The van der Waals surface area contributed by atoms with E-state index < -0.39 is 0 Å². The van der Waals surface area contributed by atoms with E-state index in [2.05, 4.69) is 64.1 Å². The zero-order valence-corrected chi connectivity index (χ0v) is 18.1. The molecule has 4 heteroatoms. The van der Waals surface area contributed by atoms with Crippen molar-refractivity contribution >= 4 is 11.0 Å². The van der Waals surface area contributed by atoms with E-state index in [4.69, 9.17) is 9.72 Å². The fourth-order valence-corrected chi connectivity index (χ4v) is 5.92. The summed E-state index contributed by atoms with van der Waals surface area (Å²) in [6, 6.07) is 20.9. The predicted molar refractivity (Wildman–Crippen MR) is 122 cm³/mol. The van der Waals surface area contributed by atoms with Gasteiger partial charge in [0.05, 0.1) is 18.1 Å². The number of hydrogen-bond donors (Lipinski definition) is 0. The summed E-state index contributed by atoms with van der Waals surface area (Å²) < 4.78 is 8.01. The zero-order valence-electron chi connectivity index (χ0n) is 18.1. The number of piperidine rings is 1. The number of fused-ring (bicyclic) bond motifs is 1. The molecule has 1 aliphatic heterocycles. The first-order chi connectivity index (χ1) is 14.8. The molecule has 0 radical (unpaired) electrons. The van der Waals surface area contributed by atoms with Crippen molar-refractivity contribution in [2.75, 3.05) is 20.2 Å². The smallest absolute Gasteiger partial charge is 0.297 e. The van der Waals surface area contributed by atoms with Gasteiger partial charge in [0.2, 0.25) is 0 Å². The Kier molecular flexibility index (Phi) is 5.51. The molecule has 1 saturated carbocycles. The second kappa shape index (κ2) is 8.43. The molecule has 0 amide bonds. The number of benzene rings is 2. The summed E-state index contributed by atoms with van der Waals surface area (Å²) >= 11 is 0. The van der Waals surface area contributed by atoms with Crippen LogP contribution < -0.4 is 4.74 Å². The third kappa shape index (κ3) is 3.41. The quantitative estimate of drug-likeness (QED) is 0.506. The van der Waals surface area contributed by atoms with Crippen LogP contribution >= 0.6 is 0 Å². The van der Waals surface area contributed by atoms with E-state index in [0.717, 1.165) is 37.5 Å². The van der Waals surface area contributed by atoms with Crippen LogP contribution in [0.1, 0.15) is 63.0 Å². The van der Waals surface area contributed by atoms with Gasteiger partial charge in [-0.15, -0.1) is 0 Å². The van der Waals surface area contributed by atoms with Crippen LogP contribution in [-0.2, 0) is 5.54 Å². The van der Waals surface area contributed by atoms with Gasteiger partial charge in [0.15, 0.2) is 0 Å². The molecule has 3 aromatic rings. The van der Waals surface area contributed by atoms with Gasteiger partial charge in [-0.2, -0.15) is 4.98 Å². The summed E-state index contributed by atoms with van der Waals surface area (Å²) in [7, 11) is 1.74. The maximum atomic E-state index is 5.67. The number of methoxy groups -OCH3 is 1. The average molecular weight is 404 g/mol. The minimum absolute atomic E-state index is 0.212. The highest BCUT2D eigenvalue weighted by molar-refractivity contribution is 5.76. The van der Waals surface area contributed by atoms with Crippen molar-refractivity contribution in [3.05, 3.63) is 60.2 Å². The van der Waals surface area contributed by atoms with Gasteiger partial charge in [-0.3, -0.25) is 9.47 Å². The Morgan fingerprint density at radius 3 is 2.23 bits per heavy atom. The van der Waals surface area contributed by atoms with Gasteiger partial charge in [0.1, 0.15) is 0 Å². The highest BCUT2D eigenvalue weighted by atomic mass is 16.5. The lowest BCUT2D eigenvalue weighted by atomic mass is 9.79. The first kappa shape index (κ1) is 19.6. The van der Waals surface area contributed by atoms with E-state index in [1.807, 2.05) is 0 Å². The predicted octanol–water partition coefficient (Wildman–Crippen LogP) is 5.93. The Morgan fingerprint density at radius 1 is 0.867 bits per heavy atom. The summed E-state index contributed by atoms with van der Waals surface area (Å²) in [5, 5.41) is 0. The number of aromatic nitrogens is 2. The molecule has 0 unspecified atom stereocenters. The van der Waals surface area contributed by atoms with Gasteiger partial charge < -0.3 is 4.74 Å². The van der Waals surface area contributed by atoms with Crippen molar-refractivity contribution < 1.29 is 4.74 Å². The van der Waals surface area contributed by atoms with Crippen LogP contribution in [0.4, 0.5) is 0 Å². The number of imidazole rings is 1. The van der Waals surface area contributed by atoms with Crippen LogP contribution in [0.25, 0.3) is 11.0 Å². The van der Waals surface area contributed by atoms with Crippen molar-refractivity contribution in [1.82, 2.24) is 14.5 Å². The first-order valence-electron chi connectivity index (χ1n) is 11.6. The summed E-state index contributed by atoms with van der Waals surface area (Å²) in [4.78, 5) is 7.53. The molecule has 1 saturated heterocycles. The minimum atomic E-state index is 0.212. The van der Waals surface area contributed by atoms with Crippen molar-refractivity contribution in [3.63, 3.8) is 0 Å². The van der Waals surface area contributed by atoms with E-state index in [1.54, 1.807) is 7.11 Å². The van der Waals surface area contributed by atoms with Crippen molar-refractivity contribution in [2.45, 2.75) is 62.9 Å². The standard InChI is InChI=1S/C26H33N3O/c1-30-25-27-23-13-7-8-14-24(23)29(25)22-15-19-28(20-16-22)26(17-9-2-3-10-18-26)21-11-5-4-6-12-21/h4-8,11-14,22H,2-3,9-10,15-20H2,1H3. The molecule has 0 N–H and O–H groups in total. The van der Waals surface area contributed by atoms with Gasteiger partial charge in [-0.1, -0.05) is 68.1 Å². The molecule has 0 atom stereocenters. The Morgan fingerprint density at radius 2 is 1.53 bits per heavy atom. The topological polar surface area (TPSA) is 30.3 Å². The fraction of sp³-hybridized carbons (Fsp3) is 0.500. The van der Waals surface area contributed by atoms with E-state index in [-0.39, 0.29) is 5.54 Å². The van der Waals surface area contributed by atoms with E-state index in [9.17, 15) is 0 Å². The second-order valence-corrected chi connectivity index (χ2v) is 8.99. The molecule has 2 heterocycles. The Hall–Kier alpha value is -2.33. The van der Waals surface area contributed by atoms with Crippen molar-refractivity contribution in [2.24, 2.45) is 0 Å². The third-order valence-corrected chi connectivity index (χ3v) is 7.42. The van der Waals surface area contributed by atoms with Gasteiger partial charge in [0, 0.05) is 24.7 Å². The lowest BCUT2D eigenvalue weighted by molar-refractivity contribution is 0.0350. The Labute approximate surface area is 179 Å². The summed E-state index contributed by atoms with van der Waals surface area (Å²) in [5.41, 5.74) is 3.96. The van der Waals surface area contributed by atoms with Gasteiger partial charge in [-0.05, 0) is 43.4 Å². The van der Waals surface area contributed by atoms with E-state index in [1.165, 1.54) is 49.6 Å². The number of hydrogen-bond acceptors (Lipinski definition) is 3. The van der Waals surface area contributed by atoms with Gasteiger partial charge in [0.25, 0.3) is 6.01 Å². The van der Waals surface area contributed by atoms with Crippen molar-refractivity contribution in [3.8, 4) is 6.01 Å². The fourth-order valence-electron chi connectivity index (χ4n) is 5.92. The minimum Gasteiger partial charge on any atom is -0.468 e. The van der Waals surface area contributed by atoms with E-state index >= 15 is 0 Å². The number of para-hydroxylation sites is 2. The summed E-state index contributed by atoms with van der Waals surface area (Å²) in [6.07, 6.45) is 10.3. The third-order valence-electron chi connectivity index (χ3n) is 7.42. The molecule has 2 aliphatic rings. The molecule has 2 fully saturated rings. The van der Waals surface area contributed by atoms with Gasteiger partial charge in [-0.25, -0.2) is 0 Å². The number of ether oxygens (including phenoxy) is 1. The highest BCUT2D eigenvalue weighted by Gasteiger charge is 2.40. The van der Waals surface area contributed by atoms with Crippen LogP contribution in [0.5, 0.6) is 6.01 Å². The molecule has 4 nitrogen and oxygen atoms in total. The molecule has 1 aliphatic carbocycles. The monoisotopic (exact) mass is 403 g/mol. The second-order valence-electron chi connectivity index (χ2n) is 8.99. The molecule has 0 spiro atoms. The Balaban J connectivity index is 1.42. The number of rotatable bonds is 4. The van der Waals surface area contributed by atoms with Crippen LogP contribution in [0.3, 0.4) is 0 Å². The largest absolute Gasteiger partial charge is 0.468 e. The Bertz CT molecular complexity index is 964. The maximum Gasteiger partial charge on any atom is 0.297 e. The van der Waals surface area contributed by atoms with E-state index in [0.29, 0.717) is 6.04 Å². The van der Waals surface area contributed by atoms with Crippen molar-refractivity contribution in [1.29, 1.82) is 0 Å². The lowest BCUT2D eigenvalue weighted by Gasteiger charge is -2.48. The molecule has 2 aromatic carbocycles.